The molecule has 2 fully saturated rings. The quantitative estimate of drug-likeness (QED) is 0.621. The van der Waals surface area contributed by atoms with Crippen molar-refractivity contribution < 1.29 is 23.9 Å². The van der Waals surface area contributed by atoms with Crippen molar-refractivity contribution in [3.8, 4) is 5.75 Å². The fourth-order valence-corrected chi connectivity index (χ4v) is 4.17. The number of rotatable bonds is 5. The number of imide groups is 1. The Morgan fingerprint density at radius 2 is 1.90 bits per heavy atom. The lowest BCUT2D eigenvalue weighted by Gasteiger charge is -2.36. The fourth-order valence-electron chi connectivity index (χ4n) is 4.17. The first kappa shape index (κ1) is 20.1. The largest absolute Gasteiger partial charge is 0.497 e. The first-order chi connectivity index (χ1) is 14.3. The molecule has 0 aromatic heterocycles. The predicted octanol–water partition coefficient (Wildman–Crippen LogP) is -0.607. The number of fused-ring (bicyclic) bond motifs is 1. The average molecular weight is 415 g/mol. The van der Waals surface area contributed by atoms with E-state index in [-0.39, 0.29) is 24.8 Å². The summed E-state index contributed by atoms with van der Waals surface area (Å²) in [4.78, 5) is 55.8. The summed E-state index contributed by atoms with van der Waals surface area (Å²) in [6.45, 7) is 2.84. The second-order valence-corrected chi connectivity index (χ2v) is 8.04. The van der Waals surface area contributed by atoms with E-state index in [2.05, 4.69) is 15.5 Å². The number of piperazine rings is 1. The Labute approximate surface area is 174 Å². The molecule has 4 rings (SSSR count). The van der Waals surface area contributed by atoms with E-state index in [1.54, 1.807) is 23.1 Å². The molecule has 10 heteroatoms. The van der Waals surface area contributed by atoms with Crippen molar-refractivity contribution in [1.29, 1.82) is 0 Å². The summed E-state index contributed by atoms with van der Waals surface area (Å²) >= 11 is 0. The lowest BCUT2D eigenvalue weighted by Crippen LogP contribution is -2.58. The summed E-state index contributed by atoms with van der Waals surface area (Å²) in [5.74, 6) is -0.498. The van der Waals surface area contributed by atoms with Crippen LogP contribution in [0.15, 0.2) is 18.2 Å². The van der Waals surface area contributed by atoms with Gasteiger partial charge in [0.2, 0.25) is 5.91 Å². The summed E-state index contributed by atoms with van der Waals surface area (Å²) in [5.41, 5.74) is -0.176. The van der Waals surface area contributed by atoms with Crippen LogP contribution >= 0.6 is 0 Å². The van der Waals surface area contributed by atoms with E-state index >= 15 is 0 Å². The Morgan fingerprint density at radius 1 is 1.17 bits per heavy atom. The maximum absolute atomic E-state index is 12.9. The molecule has 3 heterocycles. The Kier molecular flexibility index (Phi) is 5.10. The zero-order valence-corrected chi connectivity index (χ0v) is 17.1. The number of likely N-dealkylation sites (N-methyl/N-ethyl adjacent to an activating group) is 1. The van der Waals surface area contributed by atoms with Crippen molar-refractivity contribution in [2.45, 2.75) is 18.5 Å². The smallest absolute Gasteiger partial charge is 0.322 e. The molecule has 30 heavy (non-hydrogen) atoms. The molecule has 1 unspecified atom stereocenters. The number of urea groups is 1. The van der Waals surface area contributed by atoms with Crippen LogP contribution in [0, 0.1) is 0 Å². The van der Waals surface area contributed by atoms with Crippen LogP contribution in [-0.2, 0) is 16.1 Å². The number of nitrogens with zero attached hydrogens (tertiary/aromatic N) is 3. The number of carbonyl (C=O) groups excluding carboxylic acids is 4. The minimum absolute atomic E-state index is 0.0834. The number of hydrogen-bond acceptors (Lipinski definition) is 6. The van der Waals surface area contributed by atoms with Gasteiger partial charge in [-0.15, -0.1) is 0 Å². The maximum atomic E-state index is 12.9. The minimum Gasteiger partial charge on any atom is -0.497 e. The highest BCUT2D eigenvalue weighted by molar-refractivity contribution is 6.09. The second-order valence-electron chi connectivity index (χ2n) is 8.04. The Balaban J connectivity index is 1.53. The summed E-state index contributed by atoms with van der Waals surface area (Å²) in [7, 11) is 3.51. The van der Waals surface area contributed by atoms with E-state index in [1.165, 1.54) is 12.0 Å². The van der Waals surface area contributed by atoms with Gasteiger partial charge in [0.05, 0.1) is 20.1 Å². The van der Waals surface area contributed by atoms with Gasteiger partial charge < -0.3 is 24.8 Å². The van der Waals surface area contributed by atoms with E-state index < -0.39 is 17.5 Å². The first-order valence-electron chi connectivity index (χ1n) is 9.87. The Morgan fingerprint density at radius 3 is 2.53 bits per heavy atom. The number of carbonyl (C=O) groups is 4. The number of methoxy groups -OCH3 is 1. The number of amides is 5. The number of nitrogens with one attached hydrogen (secondary N) is 2. The molecule has 160 valence electrons. The Hall–Kier alpha value is -3.14. The van der Waals surface area contributed by atoms with Crippen LogP contribution in [-0.4, -0.2) is 90.9 Å². The molecule has 0 aliphatic carbocycles. The molecule has 2 saturated heterocycles. The summed E-state index contributed by atoms with van der Waals surface area (Å²) in [6, 6.07) is 4.58. The molecular weight excluding hydrogens is 390 g/mol. The van der Waals surface area contributed by atoms with Crippen molar-refractivity contribution in [3.05, 3.63) is 29.3 Å². The third kappa shape index (κ3) is 3.58. The van der Waals surface area contributed by atoms with Gasteiger partial charge >= 0.3 is 6.03 Å². The van der Waals surface area contributed by atoms with Gasteiger partial charge in [0.15, 0.2) is 0 Å². The molecule has 1 aromatic rings. The van der Waals surface area contributed by atoms with Crippen molar-refractivity contribution in [2.75, 3.05) is 46.9 Å². The number of hydrogen-bond donors (Lipinski definition) is 2. The highest BCUT2D eigenvalue weighted by atomic mass is 16.5. The van der Waals surface area contributed by atoms with Gasteiger partial charge in [0.25, 0.3) is 11.8 Å². The summed E-state index contributed by atoms with van der Waals surface area (Å²) in [5, 5.41) is 4.84. The van der Waals surface area contributed by atoms with Crippen LogP contribution in [0.1, 0.15) is 22.3 Å². The summed E-state index contributed by atoms with van der Waals surface area (Å²) < 4.78 is 5.19. The fraction of sp³-hybridized carbons (Fsp3) is 0.500. The van der Waals surface area contributed by atoms with Crippen molar-refractivity contribution in [2.24, 2.45) is 0 Å². The standard InChI is InChI=1S/C20H25N5O5/c1-23-5-7-24(8-6-23)16(26)10-20(18(28)21-19(29)22-20)12-25-11-13-3-4-14(30-2)9-15(13)17(25)27/h3-4,9H,5-8,10-12H2,1-2H3,(H2,21,22,28,29). The van der Waals surface area contributed by atoms with Crippen LogP contribution in [0.4, 0.5) is 4.79 Å². The average Bonchev–Trinajstić information content (AvgIpc) is 3.17. The molecule has 0 spiro atoms. The third-order valence-electron chi connectivity index (χ3n) is 5.98. The molecule has 0 bridgehead atoms. The Bertz CT molecular complexity index is 911. The van der Waals surface area contributed by atoms with Crippen LogP contribution in [0.3, 0.4) is 0 Å². The van der Waals surface area contributed by atoms with E-state index in [0.29, 0.717) is 30.9 Å². The molecule has 3 aliphatic rings. The van der Waals surface area contributed by atoms with Gasteiger partial charge in [-0.2, -0.15) is 0 Å². The molecule has 10 nitrogen and oxygen atoms in total. The van der Waals surface area contributed by atoms with Crippen molar-refractivity contribution >= 4 is 23.8 Å². The van der Waals surface area contributed by atoms with E-state index in [0.717, 1.165) is 18.7 Å². The zero-order chi connectivity index (χ0) is 21.5. The highest BCUT2D eigenvalue weighted by Crippen LogP contribution is 2.29. The molecule has 3 aliphatic heterocycles. The predicted molar refractivity (Wildman–Crippen MR) is 106 cm³/mol. The maximum Gasteiger partial charge on any atom is 0.322 e. The molecule has 1 atom stereocenters. The molecule has 0 radical (unpaired) electrons. The molecule has 2 N–H and O–H groups in total. The second kappa shape index (κ2) is 7.60. The van der Waals surface area contributed by atoms with Gasteiger partial charge in [0, 0.05) is 38.3 Å². The molecule has 1 aromatic carbocycles. The third-order valence-corrected chi connectivity index (χ3v) is 5.98. The monoisotopic (exact) mass is 415 g/mol. The molecule has 0 saturated carbocycles. The van der Waals surface area contributed by atoms with Gasteiger partial charge in [-0.25, -0.2) is 4.79 Å². The van der Waals surface area contributed by atoms with Crippen molar-refractivity contribution in [1.82, 2.24) is 25.3 Å². The van der Waals surface area contributed by atoms with E-state index in [4.69, 9.17) is 4.74 Å². The summed E-state index contributed by atoms with van der Waals surface area (Å²) in [6.07, 6.45) is -0.197. The zero-order valence-electron chi connectivity index (χ0n) is 17.1. The lowest BCUT2D eigenvalue weighted by atomic mass is 9.93. The minimum atomic E-state index is -1.49. The van der Waals surface area contributed by atoms with E-state index in [9.17, 15) is 19.2 Å². The van der Waals surface area contributed by atoms with Crippen LogP contribution in [0.5, 0.6) is 5.75 Å². The van der Waals surface area contributed by atoms with Gasteiger partial charge in [0.1, 0.15) is 11.3 Å². The lowest BCUT2D eigenvalue weighted by molar-refractivity contribution is -0.138. The van der Waals surface area contributed by atoms with E-state index in [1.807, 2.05) is 7.05 Å². The normalized spacial score (nSPS) is 24.0. The van der Waals surface area contributed by atoms with Crippen molar-refractivity contribution in [3.63, 3.8) is 0 Å². The SMILES string of the molecule is COc1ccc2c(c1)C(=O)N(CC1(CC(=O)N3CCN(C)CC3)NC(=O)NC1=O)C2. The van der Waals surface area contributed by atoms with Crippen LogP contribution < -0.4 is 15.4 Å². The number of ether oxygens (including phenoxy) is 1. The first-order valence-corrected chi connectivity index (χ1v) is 9.87. The van der Waals surface area contributed by atoms with Gasteiger partial charge in [-0.1, -0.05) is 6.07 Å². The topological polar surface area (TPSA) is 111 Å². The van der Waals surface area contributed by atoms with Crippen LogP contribution in [0.2, 0.25) is 0 Å². The highest BCUT2D eigenvalue weighted by Gasteiger charge is 2.51. The molecule has 5 amide bonds. The van der Waals surface area contributed by atoms with Gasteiger partial charge in [-0.3, -0.25) is 19.7 Å². The van der Waals surface area contributed by atoms with Gasteiger partial charge in [-0.05, 0) is 24.7 Å². The molecular formula is C20H25N5O5. The number of benzene rings is 1. The van der Waals surface area contributed by atoms with Crippen LogP contribution in [0.25, 0.3) is 0 Å².